The molecule has 1 atom stereocenters. The van der Waals surface area contributed by atoms with Crippen molar-refractivity contribution in [1.82, 2.24) is 4.90 Å². The van der Waals surface area contributed by atoms with Gasteiger partial charge in [0.2, 0.25) is 10.0 Å². The molecule has 1 aromatic heterocycles. The summed E-state index contributed by atoms with van der Waals surface area (Å²) >= 11 is 0.994. The summed E-state index contributed by atoms with van der Waals surface area (Å²) in [5.41, 5.74) is 0.422. The van der Waals surface area contributed by atoms with Gasteiger partial charge in [-0.05, 0) is 24.8 Å². The van der Waals surface area contributed by atoms with Crippen molar-refractivity contribution in [2.75, 3.05) is 13.1 Å². The molecule has 1 aliphatic heterocycles. The van der Waals surface area contributed by atoms with Crippen molar-refractivity contribution in [1.29, 1.82) is 0 Å². The Morgan fingerprint density at radius 2 is 2.32 bits per heavy atom. The zero-order valence-electron chi connectivity index (χ0n) is 10.8. The van der Waals surface area contributed by atoms with Gasteiger partial charge in [0.05, 0.1) is 5.56 Å². The van der Waals surface area contributed by atoms with Crippen LogP contribution in [0.15, 0.2) is 15.7 Å². The lowest BCUT2D eigenvalue weighted by Crippen LogP contribution is -2.28. The summed E-state index contributed by atoms with van der Waals surface area (Å²) in [5.74, 6) is 0.482. The standard InChI is InChI=1S/C12H18N2O3S2/c1-2-3-9-4-5-14(7-9)12(15)10-6-11(18-8-10)19(13,16)17/h6,8-9H,2-5,7H2,1H3,(H2,13,16,17). The number of hydrogen-bond acceptors (Lipinski definition) is 4. The highest BCUT2D eigenvalue weighted by molar-refractivity contribution is 7.91. The maximum absolute atomic E-state index is 12.2. The highest BCUT2D eigenvalue weighted by atomic mass is 32.2. The number of sulfonamides is 1. The number of rotatable bonds is 4. The van der Waals surface area contributed by atoms with Gasteiger partial charge >= 0.3 is 0 Å². The van der Waals surface area contributed by atoms with E-state index >= 15 is 0 Å². The van der Waals surface area contributed by atoms with E-state index in [1.807, 2.05) is 0 Å². The molecular weight excluding hydrogens is 284 g/mol. The van der Waals surface area contributed by atoms with Crippen LogP contribution < -0.4 is 5.14 Å². The van der Waals surface area contributed by atoms with Crippen molar-refractivity contribution >= 4 is 27.3 Å². The monoisotopic (exact) mass is 302 g/mol. The molecule has 1 aromatic rings. The minimum atomic E-state index is -3.71. The Morgan fingerprint density at radius 1 is 1.58 bits per heavy atom. The lowest BCUT2D eigenvalue weighted by molar-refractivity contribution is 0.0787. The summed E-state index contributed by atoms with van der Waals surface area (Å²) in [6.07, 6.45) is 3.29. The van der Waals surface area contributed by atoms with Crippen LogP contribution in [0.5, 0.6) is 0 Å². The normalized spacial score (nSPS) is 19.9. The SMILES string of the molecule is CCCC1CCN(C(=O)c2csc(S(N)(=O)=O)c2)C1. The third-order valence-electron chi connectivity index (χ3n) is 3.37. The van der Waals surface area contributed by atoms with Crippen molar-refractivity contribution in [3.63, 3.8) is 0 Å². The number of primary sulfonamides is 1. The van der Waals surface area contributed by atoms with E-state index in [1.165, 1.54) is 6.07 Å². The molecule has 2 heterocycles. The van der Waals surface area contributed by atoms with Gasteiger partial charge in [-0.3, -0.25) is 4.79 Å². The van der Waals surface area contributed by atoms with Crippen molar-refractivity contribution < 1.29 is 13.2 Å². The Kier molecular flexibility index (Phi) is 4.27. The van der Waals surface area contributed by atoms with Crippen LogP contribution >= 0.6 is 11.3 Å². The molecule has 1 fully saturated rings. The summed E-state index contributed by atoms with van der Waals surface area (Å²) < 4.78 is 22.4. The number of hydrogen-bond donors (Lipinski definition) is 1. The average Bonchev–Trinajstić information content (AvgIpc) is 2.96. The second kappa shape index (κ2) is 5.60. The molecule has 1 aliphatic rings. The van der Waals surface area contributed by atoms with Gasteiger partial charge in [-0.1, -0.05) is 13.3 Å². The molecule has 0 aliphatic carbocycles. The number of thiophene rings is 1. The molecule has 0 saturated carbocycles. The first-order valence-electron chi connectivity index (χ1n) is 6.32. The van der Waals surface area contributed by atoms with Gasteiger partial charge in [-0.25, -0.2) is 13.6 Å². The average molecular weight is 302 g/mol. The van der Waals surface area contributed by atoms with Gasteiger partial charge in [0.25, 0.3) is 5.91 Å². The number of amides is 1. The number of nitrogens with two attached hydrogens (primary N) is 1. The predicted molar refractivity (Wildman–Crippen MR) is 74.6 cm³/mol. The fourth-order valence-electron chi connectivity index (χ4n) is 2.42. The van der Waals surface area contributed by atoms with Gasteiger partial charge in [0, 0.05) is 18.5 Å². The Labute approximate surface area is 117 Å². The van der Waals surface area contributed by atoms with Gasteiger partial charge in [0.1, 0.15) is 4.21 Å². The van der Waals surface area contributed by atoms with Crippen molar-refractivity contribution in [2.24, 2.45) is 11.1 Å². The summed E-state index contributed by atoms with van der Waals surface area (Å²) in [7, 11) is -3.71. The fraction of sp³-hybridized carbons (Fsp3) is 0.583. The summed E-state index contributed by atoms with van der Waals surface area (Å²) in [5, 5.41) is 6.61. The molecule has 1 saturated heterocycles. The minimum Gasteiger partial charge on any atom is -0.338 e. The van der Waals surface area contributed by atoms with E-state index in [1.54, 1.807) is 10.3 Å². The maximum atomic E-state index is 12.2. The molecule has 1 unspecified atom stereocenters. The van der Waals surface area contributed by atoms with Gasteiger partial charge in [-0.2, -0.15) is 0 Å². The van der Waals surface area contributed by atoms with Crippen LogP contribution in [0.4, 0.5) is 0 Å². The first-order valence-corrected chi connectivity index (χ1v) is 8.75. The second-order valence-electron chi connectivity index (χ2n) is 4.89. The second-order valence-corrected chi connectivity index (χ2v) is 7.59. The number of carbonyl (C=O) groups is 1. The molecule has 106 valence electrons. The quantitative estimate of drug-likeness (QED) is 0.918. The molecule has 1 amide bonds. The van der Waals surface area contributed by atoms with E-state index in [0.29, 0.717) is 11.5 Å². The van der Waals surface area contributed by atoms with Crippen LogP contribution in [0.25, 0.3) is 0 Å². The Morgan fingerprint density at radius 3 is 2.89 bits per heavy atom. The molecule has 0 spiro atoms. The van der Waals surface area contributed by atoms with E-state index < -0.39 is 10.0 Å². The number of likely N-dealkylation sites (tertiary alicyclic amines) is 1. The lowest BCUT2D eigenvalue weighted by Gasteiger charge is -2.15. The molecule has 0 radical (unpaired) electrons. The fourth-order valence-corrected chi connectivity index (χ4v) is 4.00. The van der Waals surface area contributed by atoms with Crippen LogP contribution in [0, 0.1) is 5.92 Å². The molecular formula is C12H18N2O3S2. The molecule has 2 N–H and O–H groups in total. The lowest BCUT2D eigenvalue weighted by atomic mass is 10.0. The predicted octanol–water partition coefficient (Wildman–Crippen LogP) is 1.66. The summed E-state index contributed by atoms with van der Waals surface area (Å²) in [6.45, 7) is 3.67. The van der Waals surface area contributed by atoms with Crippen molar-refractivity contribution in [2.45, 2.75) is 30.4 Å². The first-order chi connectivity index (χ1) is 8.91. The summed E-state index contributed by atoms with van der Waals surface area (Å²) in [6, 6.07) is 1.37. The zero-order chi connectivity index (χ0) is 14.0. The van der Waals surface area contributed by atoms with Crippen LogP contribution in [-0.2, 0) is 10.0 Å². The largest absolute Gasteiger partial charge is 0.338 e. The molecule has 19 heavy (non-hydrogen) atoms. The van der Waals surface area contributed by atoms with E-state index in [4.69, 9.17) is 5.14 Å². The maximum Gasteiger partial charge on any atom is 0.254 e. The smallest absolute Gasteiger partial charge is 0.254 e. The Bertz CT molecular complexity index is 565. The van der Waals surface area contributed by atoms with Gasteiger partial charge in [0.15, 0.2) is 0 Å². The number of nitrogens with zero attached hydrogens (tertiary/aromatic N) is 1. The van der Waals surface area contributed by atoms with Gasteiger partial charge in [-0.15, -0.1) is 11.3 Å². The first kappa shape index (κ1) is 14.5. The van der Waals surface area contributed by atoms with Crippen LogP contribution in [0.2, 0.25) is 0 Å². The van der Waals surface area contributed by atoms with Crippen molar-refractivity contribution in [3.8, 4) is 0 Å². The molecule has 0 bridgehead atoms. The van der Waals surface area contributed by atoms with Crippen molar-refractivity contribution in [3.05, 3.63) is 17.0 Å². The van der Waals surface area contributed by atoms with E-state index in [2.05, 4.69) is 6.92 Å². The molecule has 7 heteroatoms. The topological polar surface area (TPSA) is 80.5 Å². The summed E-state index contributed by atoms with van der Waals surface area (Å²) in [4.78, 5) is 14.0. The van der Waals surface area contributed by atoms with E-state index in [0.717, 1.165) is 43.7 Å². The van der Waals surface area contributed by atoms with E-state index in [-0.39, 0.29) is 10.1 Å². The Hall–Kier alpha value is -0.920. The van der Waals surface area contributed by atoms with Gasteiger partial charge < -0.3 is 4.90 Å². The zero-order valence-corrected chi connectivity index (χ0v) is 12.5. The van der Waals surface area contributed by atoms with Crippen LogP contribution in [0.1, 0.15) is 36.5 Å². The molecule has 0 aromatic carbocycles. The molecule has 5 nitrogen and oxygen atoms in total. The van der Waals surface area contributed by atoms with E-state index in [9.17, 15) is 13.2 Å². The molecule has 2 rings (SSSR count). The third-order valence-corrected chi connectivity index (χ3v) is 5.76. The number of carbonyl (C=O) groups excluding carboxylic acids is 1. The highest BCUT2D eigenvalue weighted by Gasteiger charge is 2.27. The van der Waals surface area contributed by atoms with Crippen LogP contribution in [0.3, 0.4) is 0 Å². The highest BCUT2D eigenvalue weighted by Crippen LogP contribution is 2.25. The minimum absolute atomic E-state index is 0.0418. The van der Waals surface area contributed by atoms with Crippen LogP contribution in [-0.4, -0.2) is 32.3 Å². The Balaban J connectivity index is 2.07. The third kappa shape index (κ3) is 3.34.